The number of alkyl halides is 1. The van der Waals surface area contributed by atoms with E-state index in [1.807, 2.05) is 0 Å². The minimum Gasteiger partial charge on any atom is -0.444 e. The van der Waals surface area contributed by atoms with Crippen molar-refractivity contribution in [3.05, 3.63) is 0 Å². The fourth-order valence-corrected chi connectivity index (χ4v) is 2.47. The Bertz CT molecular complexity index is 346. The number of ether oxygens (including phenoxy) is 1. The van der Waals surface area contributed by atoms with Gasteiger partial charge in [0.2, 0.25) is 0 Å². The number of rotatable bonds is 0. The zero-order chi connectivity index (χ0) is 12.8. The van der Waals surface area contributed by atoms with E-state index in [0.717, 1.165) is 0 Å². The molecular formula is C12H18FNO3. The summed E-state index contributed by atoms with van der Waals surface area (Å²) in [6, 6.07) is -0.623. The molecule has 0 aromatic carbocycles. The van der Waals surface area contributed by atoms with Gasteiger partial charge >= 0.3 is 6.09 Å². The first-order valence-electron chi connectivity index (χ1n) is 5.97. The summed E-state index contributed by atoms with van der Waals surface area (Å²) in [6.45, 7) is 5.61. The Hall–Kier alpha value is -1.13. The van der Waals surface area contributed by atoms with Crippen LogP contribution in [0.25, 0.3) is 0 Å². The molecule has 2 heterocycles. The van der Waals surface area contributed by atoms with Gasteiger partial charge in [0, 0.05) is 12.5 Å². The molecule has 2 saturated heterocycles. The molecule has 3 atom stereocenters. The van der Waals surface area contributed by atoms with Gasteiger partial charge in [-0.25, -0.2) is 9.18 Å². The van der Waals surface area contributed by atoms with Crippen molar-refractivity contribution < 1.29 is 18.7 Å². The minimum atomic E-state index is -1.53. The molecule has 0 aromatic rings. The maximum Gasteiger partial charge on any atom is 0.410 e. The van der Waals surface area contributed by atoms with Crippen LogP contribution >= 0.6 is 0 Å². The summed E-state index contributed by atoms with van der Waals surface area (Å²) in [4.78, 5) is 24.7. The van der Waals surface area contributed by atoms with Crippen LogP contribution in [0.3, 0.4) is 0 Å². The maximum atomic E-state index is 13.7. The normalized spacial score (nSPS) is 32.8. The number of nitrogens with zero attached hydrogens (tertiary/aromatic N) is 1. The maximum absolute atomic E-state index is 13.7. The number of ketones is 1. The van der Waals surface area contributed by atoms with Gasteiger partial charge in [-0.1, -0.05) is 0 Å². The van der Waals surface area contributed by atoms with Crippen molar-refractivity contribution in [1.29, 1.82) is 0 Å². The van der Waals surface area contributed by atoms with Crippen molar-refractivity contribution in [2.24, 2.45) is 5.92 Å². The van der Waals surface area contributed by atoms with Gasteiger partial charge in [-0.3, -0.25) is 4.79 Å². The smallest absolute Gasteiger partial charge is 0.410 e. The molecule has 4 nitrogen and oxygen atoms in total. The molecule has 1 saturated carbocycles. The summed E-state index contributed by atoms with van der Waals surface area (Å²) in [5.41, 5.74) is -0.594. The highest BCUT2D eigenvalue weighted by atomic mass is 19.1. The molecule has 3 rings (SSSR count). The molecule has 96 valence electrons. The SMILES string of the molecule is CC(C)(C)OC(=O)N1CC2CCC1[C@H](F)C2=O. The third kappa shape index (κ3) is 2.28. The predicted molar refractivity (Wildman–Crippen MR) is 59.4 cm³/mol. The Morgan fingerprint density at radius 2 is 2.06 bits per heavy atom. The summed E-state index contributed by atoms with van der Waals surface area (Å²) in [5, 5.41) is 0. The molecule has 1 amide bonds. The number of halogens is 1. The predicted octanol–water partition coefficient (Wildman–Crippen LogP) is 1.92. The zero-order valence-corrected chi connectivity index (χ0v) is 10.4. The van der Waals surface area contributed by atoms with Crippen LogP contribution in [0.2, 0.25) is 0 Å². The highest BCUT2D eigenvalue weighted by molar-refractivity contribution is 5.89. The van der Waals surface area contributed by atoms with E-state index in [1.165, 1.54) is 4.90 Å². The number of fused-ring (bicyclic) bond motifs is 3. The molecule has 0 spiro atoms. The summed E-state index contributed by atoms with van der Waals surface area (Å²) in [6.07, 6.45) is -0.808. The molecule has 5 heteroatoms. The van der Waals surface area contributed by atoms with Crippen molar-refractivity contribution >= 4 is 11.9 Å². The van der Waals surface area contributed by atoms with E-state index in [-0.39, 0.29) is 11.7 Å². The van der Waals surface area contributed by atoms with Gasteiger partial charge in [0.25, 0.3) is 0 Å². The van der Waals surface area contributed by atoms with Gasteiger partial charge in [0.05, 0.1) is 6.04 Å². The lowest BCUT2D eigenvalue weighted by atomic mass is 9.78. The fraction of sp³-hybridized carbons (Fsp3) is 0.833. The monoisotopic (exact) mass is 243 g/mol. The van der Waals surface area contributed by atoms with Crippen LogP contribution < -0.4 is 0 Å². The first kappa shape index (κ1) is 12.3. The summed E-state index contributed by atoms with van der Waals surface area (Å²) < 4.78 is 18.9. The third-order valence-corrected chi connectivity index (χ3v) is 3.27. The highest BCUT2D eigenvalue weighted by Gasteiger charge is 2.49. The Labute approximate surface area is 100 Å². The molecule has 0 N–H and O–H groups in total. The van der Waals surface area contributed by atoms with E-state index in [2.05, 4.69) is 0 Å². The second-order valence-corrected chi connectivity index (χ2v) is 5.78. The number of hydrogen-bond donors (Lipinski definition) is 0. The Balaban J connectivity index is 2.09. The molecule has 17 heavy (non-hydrogen) atoms. The molecule has 1 aliphatic carbocycles. The largest absolute Gasteiger partial charge is 0.444 e. The van der Waals surface area contributed by atoms with E-state index in [4.69, 9.17) is 4.74 Å². The average Bonchev–Trinajstić information content (AvgIpc) is 2.22. The van der Waals surface area contributed by atoms with E-state index in [1.54, 1.807) is 20.8 Å². The van der Waals surface area contributed by atoms with E-state index >= 15 is 0 Å². The summed E-state index contributed by atoms with van der Waals surface area (Å²) in [5.74, 6) is -0.691. The van der Waals surface area contributed by atoms with Crippen LogP contribution in [-0.2, 0) is 9.53 Å². The van der Waals surface area contributed by atoms with Crippen LogP contribution in [0.15, 0.2) is 0 Å². The van der Waals surface area contributed by atoms with Crippen molar-refractivity contribution in [1.82, 2.24) is 4.90 Å². The third-order valence-electron chi connectivity index (χ3n) is 3.27. The fourth-order valence-electron chi connectivity index (χ4n) is 2.47. The second kappa shape index (κ2) is 3.96. The van der Waals surface area contributed by atoms with Crippen LogP contribution in [0.4, 0.5) is 9.18 Å². The Morgan fingerprint density at radius 3 is 2.59 bits per heavy atom. The molecule has 2 unspecified atom stereocenters. The van der Waals surface area contributed by atoms with Crippen molar-refractivity contribution in [2.75, 3.05) is 6.54 Å². The molecule has 2 bridgehead atoms. The molecule has 3 aliphatic rings. The first-order valence-corrected chi connectivity index (χ1v) is 5.97. The van der Waals surface area contributed by atoms with E-state index < -0.39 is 23.9 Å². The van der Waals surface area contributed by atoms with Crippen LogP contribution in [0.5, 0.6) is 0 Å². The van der Waals surface area contributed by atoms with Gasteiger partial charge < -0.3 is 9.64 Å². The second-order valence-electron chi connectivity index (χ2n) is 5.78. The molecule has 2 aliphatic heterocycles. The number of Topliss-reactive ketones (excluding diaryl/α,β-unsaturated/α-hetero) is 1. The van der Waals surface area contributed by atoms with Gasteiger partial charge in [-0.15, -0.1) is 0 Å². The van der Waals surface area contributed by atoms with Crippen LogP contribution in [-0.4, -0.2) is 41.1 Å². The van der Waals surface area contributed by atoms with Gasteiger partial charge in [-0.05, 0) is 33.6 Å². The topological polar surface area (TPSA) is 46.6 Å². The Kier molecular flexibility index (Phi) is 2.87. The Morgan fingerprint density at radius 1 is 1.41 bits per heavy atom. The van der Waals surface area contributed by atoms with Gasteiger partial charge in [0.15, 0.2) is 12.0 Å². The van der Waals surface area contributed by atoms with Crippen molar-refractivity contribution in [3.63, 3.8) is 0 Å². The molecule has 0 radical (unpaired) electrons. The molecular weight excluding hydrogens is 225 g/mol. The van der Waals surface area contributed by atoms with Crippen molar-refractivity contribution in [3.8, 4) is 0 Å². The van der Waals surface area contributed by atoms with Crippen LogP contribution in [0.1, 0.15) is 33.6 Å². The average molecular weight is 243 g/mol. The standard InChI is InChI=1S/C12H18FNO3/c1-12(2,3)17-11(16)14-6-7-4-5-8(14)9(13)10(7)15/h7-9H,4-6H2,1-3H3/t7?,8?,9-/m0/s1. The lowest BCUT2D eigenvalue weighted by Crippen LogP contribution is -2.61. The number of carbonyl (C=O) groups is 2. The minimum absolute atomic E-state index is 0.304. The number of piperidine rings is 2. The van der Waals surface area contributed by atoms with E-state index in [0.29, 0.717) is 19.4 Å². The number of hydrogen-bond acceptors (Lipinski definition) is 3. The molecule has 0 aromatic heterocycles. The summed E-state index contributed by atoms with van der Waals surface area (Å²) in [7, 11) is 0. The lowest BCUT2D eigenvalue weighted by Gasteiger charge is -2.45. The van der Waals surface area contributed by atoms with Gasteiger partial charge in [-0.2, -0.15) is 0 Å². The van der Waals surface area contributed by atoms with Gasteiger partial charge in [0.1, 0.15) is 5.60 Å². The quantitative estimate of drug-likeness (QED) is 0.653. The highest BCUT2D eigenvalue weighted by Crippen LogP contribution is 2.35. The zero-order valence-electron chi connectivity index (χ0n) is 10.4. The van der Waals surface area contributed by atoms with E-state index in [9.17, 15) is 14.0 Å². The van der Waals surface area contributed by atoms with Crippen molar-refractivity contribution in [2.45, 2.75) is 51.4 Å². The first-order chi connectivity index (χ1) is 7.79. The molecule has 3 fully saturated rings. The summed E-state index contributed by atoms with van der Waals surface area (Å²) >= 11 is 0. The number of amides is 1. The lowest BCUT2D eigenvalue weighted by molar-refractivity contribution is -0.141. The number of carbonyl (C=O) groups excluding carboxylic acids is 2. The van der Waals surface area contributed by atoms with Crippen LogP contribution in [0, 0.1) is 5.92 Å².